The van der Waals surface area contributed by atoms with Crippen LogP contribution in [-0.2, 0) is 4.79 Å². The van der Waals surface area contributed by atoms with Gasteiger partial charge in [0.05, 0.1) is 22.7 Å². The Morgan fingerprint density at radius 3 is 2.88 bits per heavy atom. The number of carboxylic acid groups (broad SMARTS) is 1. The molecule has 126 valence electrons. The number of amides is 1. The fourth-order valence-electron chi connectivity index (χ4n) is 1.72. The molecule has 1 heterocycles. The Labute approximate surface area is 150 Å². The van der Waals surface area contributed by atoms with E-state index in [0.29, 0.717) is 20.7 Å². The molecule has 2 N–H and O–H groups in total. The summed E-state index contributed by atoms with van der Waals surface area (Å²) in [6.45, 7) is -0.487. The largest absolute Gasteiger partial charge is 0.493 e. The highest BCUT2D eigenvalue weighted by Crippen LogP contribution is 2.36. The summed E-state index contributed by atoms with van der Waals surface area (Å²) in [5.74, 6) is -0.768. The van der Waals surface area contributed by atoms with Gasteiger partial charge in [-0.25, -0.2) is 10.2 Å². The van der Waals surface area contributed by atoms with Gasteiger partial charge in [0.25, 0.3) is 5.91 Å². The Hall–Kier alpha value is -2.39. The van der Waals surface area contributed by atoms with E-state index in [0.717, 1.165) is 0 Å². The molecule has 0 aliphatic heterocycles. The average Bonchev–Trinajstić information content (AvgIpc) is 3.07. The summed E-state index contributed by atoms with van der Waals surface area (Å²) in [6, 6.07) is 6.76. The Balaban J connectivity index is 2.10. The number of thiophene rings is 1. The summed E-state index contributed by atoms with van der Waals surface area (Å²) in [5.41, 5.74) is 3.05. The SMILES string of the molecule is COc1cc(/C=N/NC(=O)c2cccs2)cc(Br)c1OCC(=O)O. The third-order valence-electron chi connectivity index (χ3n) is 2.72. The minimum atomic E-state index is -1.09. The first-order chi connectivity index (χ1) is 11.5. The molecule has 0 unspecified atom stereocenters. The van der Waals surface area contributed by atoms with Gasteiger partial charge in [-0.05, 0) is 45.1 Å². The van der Waals surface area contributed by atoms with Crippen LogP contribution in [0.4, 0.5) is 0 Å². The van der Waals surface area contributed by atoms with Crippen molar-refractivity contribution in [1.82, 2.24) is 5.43 Å². The Bertz CT molecular complexity index is 761. The number of hydrazone groups is 1. The van der Waals surface area contributed by atoms with E-state index in [4.69, 9.17) is 14.6 Å². The Morgan fingerprint density at radius 1 is 1.46 bits per heavy atom. The lowest BCUT2D eigenvalue weighted by Crippen LogP contribution is -2.16. The summed E-state index contributed by atoms with van der Waals surface area (Å²) in [7, 11) is 1.44. The molecule has 1 aromatic heterocycles. The summed E-state index contributed by atoms with van der Waals surface area (Å²) in [4.78, 5) is 22.9. The second-order valence-corrected chi connectivity index (χ2v) is 6.19. The van der Waals surface area contributed by atoms with E-state index in [1.165, 1.54) is 24.7 Å². The first-order valence-corrected chi connectivity index (χ1v) is 8.27. The van der Waals surface area contributed by atoms with Gasteiger partial charge in [-0.1, -0.05) is 6.07 Å². The number of nitrogens with one attached hydrogen (secondary N) is 1. The van der Waals surface area contributed by atoms with Crippen LogP contribution in [0.5, 0.6) is 11.5 Å². The van der Waals surface area contributed by atoms with Gasteiger partial charge in [0.1, 0.15) is 0 Å². The second-order valence-electron chi connectivity index (χ2n) is 4.39. The maximum Gasteiger partial charge on any atom is 0.341 e. The summed E-state index contributed by atoms with van der Waals surface area (Å²) < 4.78 is 10.9. The number of nitrogens with zero attached hydrogens (tertiary/aromatic N) is 1. The van der Waals surface area contributed by atoms with E-state index in [1.54, 1.807) is 29.6 Å². The van der Waals surface area contributed by atoms with Crippen LogP contribution in [0.3, 0.4) is 0 Å². The molecule has 0 atom stereocenters. The highest BCUT2D eigenvalue weighted by Gasteiger charge is 2.13. The van der Waals surface area contributed by atoms with Crippen molar-refractivity contribution in [1.29, 1.82) is 0 Å². The minimum Gasteiger partial charge on any atom is -0.493 e. The highest BCUT2D eigenvalue weighted by atomic mass is 79.9. The number of carboxylic acids is 1. The lowest BCUT2D eigenvalue weighted by molar-refractivity contribution is -0.139. The number of hydrogen-bond acceptors (Lipinski definition) is 6. The lowest BCUT2D eigenvalue weighted by atomic mass is 10.2. The summed E-state index contributed by atoms with van der Waals surface area (Å²) in [6.07, 6.45) is 1.44. The standard InChI is InChI=1S/C15H13BrN2O5S/c1-22-11-6-9(5-10(16)14(11)23-8-13(19)20)7-17-18-15(21)12-3-2-4-24-12/h2-7H,8H2,1H3,(H,18,21)(H,19,20)/b17-7+. The lowest BCUT2D eigenvalue weighted by Gasteiger charge is -2.12. The van der Waals surface area contributed by atoms with E-state index >= 15 is 0 Å². The van der Waals surface area contributed by atoms with Gasteiger partial charge < -0.3 is 14.6 Å². The monoisotopic (exact) mass is 412 g/mol. The third kappa shape index (κ3) is 4.80. The molecule has 0 aliphatic rings. The number of benzene rings is 1. The number of aliphatic carboxylic acids is 1. The highest BCUT2D eigenvalue weighted by molar-refractivity contribution is 9.10. The summed E-state index contributed by atoms with van der Waals surface area (Å²) >= 11 is 4.61. The quantitative estimate of drug-likeness (QED) is 0.538. The zero-order valence-corrected chi connectivity index (χ0v) is 14.9. The zero-order chi connectivity index (χ0) is 17.5. The molecule has 0 fully saturated rings. The van der Waals surface area contributed by atoms with Crippen molar-refractivity contribution in [2.45, 2.75) is 0 Å². The van der Waals surface area contributed by atoms with Crippen LogP contribution in [0.15, 0.2) is 39.2 Å². The van der Waals surface area contributed by atoms with Crippen molar-refractivity contribution >= 4 is 45.4 Å². The van der Waals surface area contributed by atoms with Crippen LogP contribution >= 0.6 is 27.3 Å². The molecule has 0 saturated carbocycles. The van der Waals surface area contributed by atoms with Gasteiger partial charge in [-0.15, -0.1) is 11.3 Å². The third-order valence-corrected chi connectivity index (χ3v) is 4.17. The number of carbonyl (C=O) groups excluding carboxylic acids is 1. The van der Waals surface area contributed by atoms with Gasteiger partial charge in [-0.2, -0.15) is 5.10 Å². The molecule has 2 rings (SSSR count). The molecule has 0 spiro atoms. The Kier molecular flexibility index (Phi) is 6.33. The van der Waals surface area contributed by atoms with Crippen LogP contribution in [0, 0.1) is 0 Å². The van der Waals surface area contributed by atoms with Crippen LogP contribution in [0.1, 0.15) is 15.2 Å². The van der Waals surface area contributed by atoms with E-state index in [9.17, 15) is 9.59 Å². The van der Waals surface area contributed by atoms with Gasteiger partial charge >= 0.3 is 5.97 Å². The molecule has 0 saturated heterocycles. The number of methoxy groups -OCH3 is 1. The van der Waals surface area contributed by atoms with Crippen LogP contribution in [0.25, 0.3) is 0 Å². The minimum absolute atomic E-state index is 0.277. The van der Waals surface area contributed by atoms with Crippen molar-refractivity contribution in [3.8, 4) is 11.5 Å². The van der Waals surface area contributed by atoms with Gasteiger partial charge in [0.2, 0.25) is 0 Å². The molecule has 1 amide bonds. The normalized spacial score (nSPS) is 10.6. The van der Waals surface area contributed by atoms with Crippen molar-refractivity contribution < 1.29 is 24.2 Å². The molecular formula is C15H13BrN2O5S. The van der Waals surface area contributed by atoms with Crippen molar-refractivity contribution in [3.05, 3.63) is 44.6 Å². The molecule has 0 radical (unpaired) electrons. The molecule has 7 nitrogen and oxygen atoms in total. The average molecular weight is 413 g/mol. The molecule has 2 aromatic rings. The fourth-order valence-corrected chi connectivity index (χ4v) is 2.90. The van der Waals surface area contributed by atoms with E-state index in [1.807, 2.05) is 0 Å². The smallest absolute Gasteiger partial charge is 0.341 e. The van der Waals surface area contributed by atoms with E-state index < -0.39 is 12.6 Å². The molecule has 0 bridgehead atoms. The first kappa shape index (κ1) is 18.0. The fraction of sp³-hybridized carbons (Fsp3) is 0.133. The van der Waals surface area contributed by atoms with E-state index in [-0.39, 0.29) is 11.7 Å². The predicted octanol–water partition coefficient (Wildman–Crippen LogP) is 2.75. The number of rotatable bonds is 7. The number of ether oxygens (including phenoxy) is 2. The van der Waals surface area contributed by atoms with Gasteiger partial charge in [0, 0.05) is 0 Å². The maximum absolute atomic E-state index is 11.8. The van der Waals surface area contributed by atoms with Crippen molar-refractivity contribution in [2.24, 2.45) is 5.10 Å². The number of halogens is 1. The van der Waals surface area contributed by atoms with Crippen molar-refractivity contribution in [3.63, 3.8) is 0 Å². The topological polar surface area (TPSA) is 97.2 Å². The number of hydrogen-bond donors (Lipinski definition) is 2. The van der Waals surface area contributed by atoms with Gasteiger partial charge in [0.15, 0.2) is 18.1 Å². The molecule has 0 aliphatic carbocycles. The molecular weight excluding hydrogens is 400 g/mol. The molecule has 9 heteroatoms. The second kappa shape index (κ2) is 8.46. The van der Waals surface area contributed by atoms with Gasteiger partial charge in [-0.3, -0.25) is 4.79 Å². The van der Waals surface area contributed by atoms with E-state index in [2.05, 4.69) is 26.5 Å². The number of carbonyl (C=O) groups is 2. The van der Waals surface area contributed by atoms with Crippen LogP contribution < -0.4 is 14.9 Å². The zero-order valence-electron chi connectivity index (χ0n) is 12.5. The molecule has 1 aromatic carbocycles. The first-order valence-electron chi connectivity index (χ1n) is 6.60. The summed E-state index contributed by atoms with van der Waals surface area (Å²) in [5, 5.41) is 14.4. The van der Waals surface area contributed by atoms with Crippen LogP contribution in [-0.4, -0.2) is 36.9 Å². The maximum atomic E-state index is 11.8. The Morgan fingerprint density at radius 2 is 2.25 bits per heavy atom. The molecule has 24 heavy (non-hydrogen) atoms. The van der Waals surface area contributed by atoms with Crippen molar-refractivity contribution in [2.75, 3.05) is 13.7 Å². The van der Waals surface area contributed by atoms with Crippen LogP contribution in [0.2, 0.25) is 0 Å². The predicted molar refractivity (Wildman–Crippen MR) is 93.2 cm³/mol.